The van der Waals surface area contributed by atoms with Crippen molar-refractivity contribution in [2.45, 2.75) is 53.4 Å². The van der Waals surface area contributed by atoms with Crippen LogP contribution in [0.3, 0.4) is 0 Å². The number of carbonyl (C=O) groups is 6. The maximum atomic E-state index is 14.8. The molecule has 0 unspecified atom stereocenters. The van der Waals surface area contributed by atoms with Crippen LogP contribution in [0.25, 0.3) is 0 Å². The lowest BCUT2D eigenvalue weighted by Gasteiger charge is -2.24. The predicted octanol–water partition coefficient (Wildman–Crippen LogP) is 5.03. The van der Waals surface area contributed by atoms with Crippen LogP contribution < -0.4 is 10.6 Å². The SMILES string of the molecule is CCOC(=O)c1c(NC(=O)C(F)(F)C(F)(F)C(=O)Nc2sc(C(C)=O)c(C)c2C(=O)OCC)sc(C(C)=O)c1C. The van der Waals surface area contributed by atoms with Gasteiger partial charge < -0.3 is 20.1 Å². The number of anilines is 2. The normalized spacial score (nSPS) is 11.6. The minimum atomic E-state index is -5.70. The molecule has 0 spiro atoms. The Balaban J connectivity index is 2.46. The van der Waals surface area contributed by atoms with Crippen molar-refractivity contribution >= 4 is 68.0 Å². The van der Waals surface area contributed by atoms with Gasteiger partial charge in [0.1, 0.15) is 10.0 Å². The van der Waals surface area contributed by atoms with Gasteiger partial charge in [-0.15, -0.1) is 22.7 Å². The van der Waals surface area contributed by atoms with Crippen LogP contribution in [0.15, 0.2) is 0 Å². The molecule has 0 aliphatic heterocycles. The highest BCUT2D eigenvalue weighted by atomic mass is 32.1. The number of ether oxygens (including phenoxy) is 2. The summed E-state index contributed by atoms with van der Waals surface area (Å²) in [6, 6.07) is 0. The number of carbonyl (C=O) groups excluding carboxylic acids is 6. The smallest absolute Gasteiger partial charge is 0.396 e. The van der Waals surface area contributed by atoms with Crippen molar-refractivity contribution in [3.8, 4) is 0 Å². The first kappa shape index (κ1) is 32.6. The van der Waals surface area contributed by atoms with E-state index in [1.54, 1.807) is 0 Å². The van der Waals surface area contributed by atoms with E-state index in [0.29, 0.717) is 22.7 Å². The highest BCUT2D eigenvalue weighted by molar-refractivity contribution is 7.19. The second-order valence-electron chi connectivity index (χ2n) is 8.13. The van der Waals surface area contributed by atoms with Gasteiger partial charge in [0.15, 0.2) is 11.6 Å². The molecule has 2 heterocycles. The number of hydrogen-bond donors (Lipinski definition) is 2. The second-order valence-corrected chi connectivity index (χ2v) is 10.2. The molecule has 10 nitrogen and oxygen atoms in total. The van der Waals surface area contributed by atoms with Gasteiger partial charge in [0.25, 0.3) is 0 Å². The molecule has 0 aromatic carbocycles. The third kappa shape index (κ3) is 6.06. The highest BCUT2D eigenvalue weighted by Crippen LogP contribution is 2.41. The third-order valence-corrected chi connectivity index (χ3v) is 7.93. The van der Waals surface area contributed by atoms with E-state index >= 15 is 0 Å². The van der Waals surface area contributed by atoms with E-state index in [9.17, 15) is 46.3 Å². The maximum absolute atomic E-state index is 14.8. The number of thiophene rings is 2. The Morgan fingerprint density at radius 1 is 0.675 bits per heavy atom. The van der Waals surface area contributed by atoms with Crippen LogP contribution in [0.2, 0.25) is 0 Å². The fraction of sp³-hybridized carbons (Fsp3) is 0.417. The molecule has 2 N–H and O–H groups in total. The van der Waals surface area contributed by atoms with Crippen LogP contribution in [0, 0.1) is 13.8 Å². The zero-order valence-electron chi connectivity index (χ0n) is 22.0. The average molecular weight is 609 g/mol. The Bertz CT molecular complexity index is 1290. The zero-order valence-corrected chi connectivity index (χ0v) is 23.6. The first-order chi connectivity index (χ1) is 18.4. The van der Waals surface area contributed by atoms with Crippen molar-refractivity contribution < 1.29 is 55.8 Å². The standard InChI is InChI=1S/C24H24F4N2O8S2/c1-7-37-19(33)13-9(3)15(11(5)31)39-17(13)29-21(35)23(25,26)24(27,28)22(36)30-18-14(20(34)38-8-2)10(4)16(40-18)12(6)32/h7-8H2,1-6H3,(H,29,35)(H,30,36). The van der Waals surface area contributed by atoms with Crippen LogP contribution >= 0.6 is 22.7 Å². The van der Waals surface area contributed by atoms with E-state index in [-0.39, 0.29) is 34.1 Å². The van der Waals surface area contributed by atoms with Gasteiger partial charge in [0.2, 0.25) is 0 Å². The minimum absolute atomic E-state index is 0.0279. The van der Waals surface area contributed by atoms with Gasteiger partial charge in [-0.25, -0.2) is 9.59 Å². The van der Waals surface area contributed by atoms with Crippen molar-refractivity contribution in [3.63, 3.8) is 0 Å². The Labute approximate surface area is 233 Å². The van der Waals surface area contributed by atoms with Gasteiger partial charge in [-0.2, -0.15) is 17.6 Å². The Morgan fingerprint density at radius 2 is 0.975 bits per heavy atom. The maximum Gasteiger partial charge on any atom is 0.396 e. The lowest BCUT2D eigenvalue weighted by molar-refractivity contribution is -0.204. The Morgan fingerprint density at radius 3 is 1.23 bits per heavy atom. The van der Waals surface area contributed by atoms with Crippen molar-refractivity contribution in [1.82, 2.24) is 0 Å². The lowest BCUT2D eigenvalue weighted by Crippen LogP contribution is -2.56. The molecule has 0 aliphatic rings. The monoisotopic (exact) mass is 608 g/mol. The van der Waals surface area contributed by atoms with Crippen LogP contribution in [-0.2, 0) is 19.1 Å². The number of nitrogens with one attached hydrogen (secondary N) is 2. The van der Waals surface area contributed by atoms with Gasteiger partial charge >= 0.3 is 35.6 Å². The molecule has 0 fully saturated rings. The van der Waals surface area contributed by atoms with E-state index < -0.39 is 68.3 Å². The summed E-state index contributed by atoms with van der Waals surface area (Å²) in [4.78, 5) is 73.0. The zero-order chi connectivity index (χ0) is 30.7. The molecule has 0 atom stereocenters. The molecule has 16 heteroatoms. The highest BCUT2D eigenvalue weighted by Gasteiger charge is 2.67. The lowest BCUT2D eigenvalue weighted by atomic mass is 10.1. The van der Waals surface area contributed by atoms with Gasteiger partial charge in [0.05, 0.1) is 34.1 Å². The second kappa shape index (κ2) is 12.2. The largest absolute Gasteiger partial charge is 0.462 e. The molecule has 0 aliphatic carbocycles. The molecule has 0 bridgehead atoms. The summed E-state index contributed by atoms with van der Waals surface area (Å²) in [5, 5.41) is 1.69. The Hall–Kier alpha value is -3.66. The molecule has 218 valence electrons. The molecule has 0 saturated heterocycles. The molecule has 2 aromatic rings. The van der Waals surface area contributed by atoms with Gasteiger partial charge in [-0.3, -0.25) is 19.2 Å². The van der Waals surface area contributed by atoms with Crippen LogP contribution in [0.5, 0.6) is 0 Å². The van der Waals surface area contributed by atoms with E-state index in [2.05, 4.69) is 0 Å². The van der Waals surface area contributed by atoms with E-state index in [1.165, 1.54) is 38.3 Å². The topological polar surface area (TPSA) is 145 Å². The third-order valence-electron chi connectivity index (χ3n) is 5.31. The summed E-state index contributed by atoms with van der Waals surface area (Å²) in [6.07, 6.45) is 0. The number of hydrogen-bond acceptors (Lipinski definition) is 10. The summed E-state index contributed by atoms with van der Waals surface area (Å²) in [5.41, 5.74) is -1.03. The van der Waals surface area contributed by atoms with Crippen molar-refractivity contribution in [3.05, 3.63) is 32.0 Å². The molecule has 0 saturated carbocycles. The number of ketones is 2. The van der Waals surface area contributed by atoms with Crippen molar-refractivity contribution in [2.24, 2.45) is 0 Å². The molecule has 2 rings (SSSR count). The number of alkyl halides is 4. The molecule has 2 aromatic heterocycles. The van der Waals surface area contributed by atoms with Crippen LogP contribution in [0.1, 0.15) is 78.9 Å². The van der Waals surface area contributed by atoms with Crippen molar-refractivity contribution in [1.29, 1.82) is 0 Å². The van der Waals surface area contributed by atoms with Gasteiger partial charge in [-0.05, 0) is 52.7 Å². The number of esters is 2. The fourth-order valence-electron chi connectivity index (χ4n) is 3.42. The van der Waals surface area contributed by atoms with Crippen molar-refractivity contribution in [2.75, 3.05) is 23.8 Å². The molecular formula is C24H24F4N2O8S2. The van der Waals surface area contributed by atoms with Crippen LogP contribution in [0.4, 0.5) is 27.6 Å². The molecule has 40 heavy (non-hydrogen) atoms. The quantitative estimate of drug-likeness (QED) is 0.205. The number of rotatable bonds is 11. The van der Waals surface area contributed by atoms with E-state index in [0.717, 1.165) is 13.8 Å². The molecule has 0 radical (unpaired) electrons. The molecular weight excluding hydrogens is 584 g/mol. The first-order valence-electron chi connectivity index (χ1n) is 11.4. The number of halogens is 4. The summed E-state index contributed by atoms with van der Waals surface area (Å²) >= 11 is 0.777. The van der Waals surface area contributed by atoms with E-state index in [4.69, 9.17) is 9.47 Å². The fourth-order valence-corrected chi connectivity index (χ4v) is 5.59. The average Bonchev–Trinajstić information content (AvgIpc) is 3.35. The van der Waals surface area contributed by atoms with Crippen LogP contribution in [-0.4, -0.2) is 60.4 Å². The summed E-state index contributed by atoms with van der Waals surface area (Å²) in [7, 11) is 0. The predicted molar refractivity (Wildman–Crippen MR) is 137 cm³/mol. The summed E-state index contributed by atoms with van der Waals surface area (Å²) in [5.74, 6) is -20.1. The van der Waals surface area contributed by atoms with E-state index in [1.807, 2.05) is 0 Å². The van der Waals surface area contributed by atoms with Gasteiger partial charge in [-0.1, -0.05) is 0 Å². The minimum Gasteiger partial charge on any atom is -0.462 e. The number of Topliss-reactive ketones (excluding diaryl/α,β-unsaturated/α-hetero) is 2. The Kier molecular flexibility index (Phi) is 9.96. The summed E-state index contributed by atoms with van der Waals surface area (Å²) in [6.45, 7) is 7.28. The first-order valence-corrected chi connectivity index (χ1v) is 13.1. The summed E-state index contributed by atoms with van der Waals surface area (Å²) < 4.78 is 68.9. The van der Waals surface area contributed by atoms with Gasteiger partial charge in [0, 0.05) is 0 Å². The number of amides is 2. The molecule has 2 amide bonds.